The molecule has 1 aliphatic heterocycles. The topological polar surface area (TPSA) is 64.5 Å². The Balaban J connectivity index is 2.05. The predicted molar refractivity (Wildman–Crippen MR) is 73.8 cm³/mol. The first kappa shape index (κ1) is 13.3. The summed E-state index contributed by atoms with van der Waals surface area (Å²) in [5.41, 5.74) is 12.6. The van der Waals surface area contributed by atoms with Gasteiger partial charge in [-0.1, -0.05) is 18.2 Å². The molecule has 1 aliphatic rings. The average molecular weight is 249 g/mol. The van der Waals surface area contributed by atoms with Crippen molar-refractivity contribution in [2.75, 3.05) is 39.3 Å². The van der Waals surface area contributed by atoms with Crippen LogP contribution in [0, 0.1) is 0 Å². The van der Waals surface area contributed by atoms with E-state index >= 15 is 0 Å². The molecule has 4 nitrogen and oxygen atoms in total. The number of nitrogens with two attached hydrogens (primary N) is 2. The van der Waals surface area contributed by atoms with E-state index in [4.69, 9.17) is 16.2 Å². The molecule has 4 N–H and O–H groups in total. The van der Waals surface area contributed by atoms with Crippen LogP contribution in [-0.4, -0.2) is 44.2 Å². The number of para-hydroxylation sites is 1. The standard InChI is InChI=1S/C14H23N3O/c15-6-8-17(9-7-16)11-12-5-10-18-14-4-2-1-3-13(12)14/h1-4,12H,5-11,15-16H2. The van der Waals surface area contributed by atoms with Gasteiger partial charge in [0.15, 0.2) is 0 Å². The molecule has 1 aromatic rings. The SMILES string of the molecule is NCCN(CCN)CC1CCOc2ccccc21. The van der Waals surface area contributed by atoms with Gasteiger partial charge >= 0.3 is 0 Å². The van der Waals surface area contributed by atoms with E-state index in [-0.39, 0.29) is 0 Å². The van der Waals surface area contributed by atoms with Crippen LogP contribution in [0.25, 0.3) is 0 Å². The van der Waals surface area contributed by atoms with Crippen molar-refractivity contribution in [1.82, 2.24) is 4.90 Å². The molecule has 0 aromatic heterocycles. The van der Waals surface area contributed by atoms with Crippen molar-refractivity contribution < 1.29 is 4.74 Å². The van der Waals surface area contributed by atoms with Gasteiger partial charge in [-0.05, 0) is 18.1 Å². The summed E-state index contributed by atoms with van der Waals surface area (Å²) in [5, 5.41) is 0. The van der Waals surface area contributed by atoms with Gasteiger partial charge in [0.25, 0.3) is 0 Å². The van der Waals surface area contributed by atoms with Gasteiger partial charge in [-0.25, -0.2) is 0 Å². The summed E-state index contributed by atoms with van der Waals surface area (Å²) < 4.78 is 5.69. The molecule has 1 unspecified atom stereocenters. The quantitative estimate of drug-likeness (QED) is 0.781. The minimum Gasteiger partial charge on any atom is -0.493 e. The van der Waals surface area contributed by atoms with Crippen molar-refractivity contribution in [2.24, 2.45) is 11.5 Å². The van der Waals surface area contributed by atoms with E-state index < -0.39 is 0 Å². The summed E-state index contributed by atoms with van der Waals surface area (Å²) >= 11 is 0. The van der Waals surface area contributed by atoms with Crippen LogP contribution in [0.5, 0.6) is 5.75 Å². The Labute approximate surface area is 109 Å². The van der Waals surface area contributed by atoms with Crippen LogP contribution in [0.2, 0.25) is 0 Å². The number of ether oxygens (including phenoxy) is 1. The molecule has 1 aromatic carbocycles. The number of hydrogen-bond acceptors (Lipinski definition) is 4. The van der Waals surface area contributed by atoms with Crippen molar-refractivity contribution in [3.63, 3.8) is 0 Å². The van der Waals surface area contributed by atoms with Gasteiger partial charge in [0, 0.05) is 38.6 Å². The fraction of sp³-hybridized carbons (Fsp3) is 0.571. The van der Waals surface area contributed by atoms with Gasteiger partial charge in [0.1, 0.15) is 5.75 Å². The number of nitrogens with zero attached hydrogens (tertiary/aromatic N) is 1. The number of rotatable bonds is 6. The molecule has 100 valence electrons. The molecule has 18 heavy (non-hydrogen) atoms. The zero-order chi connectivity index (χ0) is 12.8. The normalized spacial score (nSPS) is 18.5. The maximum atomic E-state index is 5.69. The highest BCUT2D eigenvalue weighted by Crippen LogP contribution is 2.33. The molecule has 4 heteroatoms. The maximum absolute atomic E-state index is 5.69. The van der Waals surface area contributed by atoms with E-state index in [1.165, 1.54) is 5.56 Å². The molecular formula is C14H23N3O. The van der Waals surface area contributed by atoms with Gasteiger partial charge in [0.2, 0.25) is 0 Å². The Morgan fingerprint density at radius 2 is 1.89 bits per heavy atom. The minimum atomic E-state index is 0.535. The summed E-state index contributed by atoms with van der Waals surface area (Å²) in [6.45, 7) is 5.03. The summed E-state index contributed by atoms with van der Waals surface area (Å²) in [7, 11) is 0. The third kappa shape index (κ3) is 3.22. The van der Waals surface area contributed by atoms with Crippen LogP contribution in [0.15, 0.2) is 24.3 Å². The molecule has 0 spiro atoms. The first-order chi connectivity index (χ1) is 8.85. The molecule has 0 radical (unpaired) electrons. The molecule has 0 saturated heterocycles. The molecule has 1 heterocycles. The van der Waals surface area contributed by atoms with E-state index in [9.17, 15) is 0 Å². The van der Waals surface area contributed by atoms with E-state index in [0.29, 0.717) is 19.0 Å². The number of hydrogen-bond donors (Lipinski definition) is 2. The lowest BCUT2D eigenvalue weighted by Gasteiger charge is -2.31. The van der Waals surface area contributed by atoms with Gasteiger partial charge in [-0.15, -0.1) is 0 Å². The molecule has 1 atom stereocenters. The first-order valence-electron chi connectivity index (χ1n) is 6.69. The van der Waals surface area contributed by atoms with Crippen LogP contribution >= 0.6 is 0 Å². The van der Waals surface area contributed by atoms with Crippen molar-refractivity contribution in [3.8, 4) is 5.75 Å². The number of benzene rings is 1. The fourth-order valence-electron chi connectivity index (χ4n) is 2.58. The zero-order valence-electron chi connectivity index (χ0n) is 10.8. The van der Waals surface area contributed by atoms with Crippen LogP contribution in [0.1, 0.15) is 17.9 Å². The predicted octanol–water partition coefficient (Wildman–Crippen LogP) is 0.772. The van der Waals surface area contributed by atoms with Crippen molar-refractivity contribution in [3.05, 3.63) is 29.8 Å². The fourth-order valence-corrected chi connectivity index (χ4v) is 2.58. The van der Waals surface area contributed by atoms with Crippen molar-refractivity contribution in [2.45, 2.75) is 12.3 Å². The van der Waals surface area contributed by atoms with Crippen molar-refractivity contribution >= 4 is 0 Å². The lowest BCUT2D eigenvalue weighted by molar-refractivity contribution is 0.217. The molecule has 2 rings (SSSR count). The van der Waals surface area contributed by atoms with Gasteiger partial charge in [-0.2, -0.15) is 0 Å². The Hall–Kier alpha value is -1.10. The Morgan fingerprint density at radius 1 is 1.17 bits per heavy atom. The molecule has 0 aliphatic carbocycles. The van der Waals surface area contributed by atoms with Crippen LogP contribution in [-0.2, 0) is 0 Å². The highest BCUT2D eigenvalue weighted by molar-refractivity contribution is 5.37. The van der Waals surface area contributed by atoms with Crippen molar-refractivity contribution in [1.29, 1.82) is 0 Å². The molecule has 0 amide bonds. The minimum absolute atomic E-state index is 0.535. The second kappa shape index (κ2) is 6.73. The Kier molecular flexibility index (Phi) is 4.99. The van der Waals surface area contributed by atoms with Gasteiger partial charge in [0.05, 0.1) is 6.61 Å². The smallest absolute Gasteiger partial charge is 0.122 e. The van der Waals surface area contributed by atoms with E-state index in [0.717, 1.165) is 38.4 Å². The second-order valence-electron chi connectivity index (χ2n) is 4.75. The highest BCUT2D eigenvalue weighted by Gasteiger charge is 2.22. The first-order valence-corrected chi connectivity index (χ1v) is 6.69. The molecule has 0 fully saturated rings. The van der Waals surface area contributed by atoms with E-state index in [1.54, 1.807) is 0 Å². The summed E-state index contributed by atoms with van der Waals surface area (Å²) in [4.78, 5) is 2.35. The summed E-state index contributed by atoms with van der Waals surface area (Å²) in [6, 6.07) is 8.33. The van der Waals surface area contributed by atoms with Crippen LogP contribution < -0.4 is 16.2 Å². The van der Waals surface area contributed by atoms with Gasteiger partial charge in [-0.3, -0.25) is 0 Å². The van der Waals surface area contributed by atoms with E-state index in [2.05, 4.69) is 23.1 Å². The largest absolute Gasteiger partial charge is 0.493 e. The third-order valence-electron chi connectivity index (χ3n) is 3.45. The zero-order valence-corrected chi connectivity index (χ0v) is 10.8. The Morgan fingerprint density at radius 3 is 2.61 bits per heavy atom. The summed E-state index contributed by atoms with van der Waals surface area (Å²) in [5.74, 6) is 1.57. The summed E-state index contributed by atoms with van der Waals surface area (Å²) in [6.07, 6.45) is 1.07. The van der Waals surface area contributed by atoms with Crippen LogP contribution in [0.4, 0.5) is 0 Å². The second-order valence-corrected chi connectivity index (χ2v) is 4.75. The third-order valence-corrected chi connectivity index (χ3v) is 3.45. The molecular weight excluding hydrogens is 226 g/mol. The maximum Gasteiger partial charge on any atom is 0.122 e. The molecule has 0 saturated carbocycles. The Bertz CT molecular complexity index is 364. The molecule has 0 bridgehead atoms. The highest BCUT2D eigenvalue weighted by atomic mass is 16.5. The lowest BCUT2D eigenvalue weighted by atomic mass is 9.92. The van der Waals surface area contributed by atoms with E-state index in [1.807, 2.05) is 6.07 Å². The van der Waals surface area contributed by atoms with Gasteiger partial charge < -0.3 is 21.1 Å². The average Bonchev–Trinajstić information content (AvgIpc) is 2.40. The lowest BCUT2D eigenvalue weighted by Crippen LogP contribution is -2.37. The number of fused-ring (bicyclic) bond motifs is 1. The monoisotopic (exact) mass is 249 g/mol. The van der Waals surface area contributed by atoms with Crippen LogP contribution in [0.3, 0.4) is 0 Å².